The topological polar surface area (TPSA) is 74.6 Å². The monoisotopic (exact) mass is 518 g/mol. The Labute approximate surface area is 188 Å². The van der Waals surface area contributed by atoms with Crippen molar-refractivity contribution in [1.82, 2.24) is 25.3 Å². The van der Waals surface area contributed by atoms with Gasteiger partial charge in [-0.15, -0.1) is 35.3 Å². The molecule has 2 rings (SSSR count). The molecule has 2 heterocycles. The van der Waals surface area contributed by atoms with E-state index in [0.29, 0.717) is 5.96 Å². The van der Waals surface area contributed by atoms with Crippen LogP contribution in [0.5, 0.6) is 0 Å². The van der Waals surface area contributed by atoms with Gasteiger partial charge in [-0.2, -0.15) is 5.10 Å². The van der Waals surface area contributed by atoms with Crippen LogP contribution >= 0.6 is 35.3 Å². The molecule has 0 saturated heterocycles. The lowest BCUT2D eigenvalue weighted by Crippen LogP contribution is -2.40. The van der Waals surface area contributed by atoms with Gasteiger partial charge in [-0.25, -0.2) is 4.99 Å². The molecule has 0 radical (unpaired) electrons. The standard InChI is InChI=1S/C19H30N6OS.HI/c1-15-13-16(2)25(23-15)11-6-9-20-19(22-14-18(26)24(3)4)21-10-8-17-7-5-12-27-17;/h5,7,12-13H,6,8-11,14H2,1-4H3,(H2,20,21,22);1H. The van der Waals surface area contributed by atoms with Crippen molar-refractivity contribution in [3.05, 3.63) is 39.8 Å². The van der Waals surface area contributed by atoms with Crippen LogP contribution in [-0.2, 0) is 17.8 Å². The van der Waals surface area contributed by atoms with E-state index in [4.69, 9.17) is 0 Å². The first kappa shape index (κ1) is 24.4. The van der Waals surface area contributed by atoms with Crippen molar-refractivity contribution in [1.29, 1.82) is 0 Å². The first-order valence-electron chi connectivity index (χ1n) is 9.21. The van der Waals surface area contributed by atoms with Crippen molar-refractivity contribution in [2.24, 2.45) is 4.99 Å². The number of likely N-dealkylation sites (N-methyl/N-ethyl adjacent to an activating group) is 1. The van der Waals surface area contributed by atoms with Gasteiger partial charge in [-0.1, -0.05) is 6.07 Å². The summed E-state index contributed by atoms with van der Waals surface area (Å²) in [4.78, 5) is 19.1. The molecule has 2 aromatic rings. The molecule has 0 atom stereocenters. The molecule has 0 aliphatic heterocycles. The van der Waals surface area contributed by atoms with Crippen molar-refractivity contribution in [3.63, 3.8) is 0 Å². The number of nitrogens with one attached hydrogen (secondary N) is 2. The minimum atomic E-state index is -0.0167. The molecule has 0 bridgehead atoms. The maximum absolute atomic E-state index is 11.8. The van der Waals surface area contributed by atoms with E-state index >= 15 is 0 Å². The van der Waals surface area contributed by atoms with Crippen molar-refractivity contribution < 1.29 is 4.79 Å². The molecule has 0 aliphatic carbocycles. The number of aromatic nitrogens is 2. The minimum Gasteiger partial charge on any atom is -0.356 e. The van der Waals surface area contributed by atoms with Crippen LogP contribution in [0.2, 0.25) is 0 Å². The van der Waals surface area contributed by atoms with E-state index in [9.17, 15) is 4.79 Å². The predicted molar refractivity (Wildman–Crippen MR) is 127 cm³/mol. The van der Waals surface area contributed by atoms with E-state index in [1.54, 1.807) is 30.3 Å². The van der Waals surface area contributed by atoms with Crippen LogP contribution in [0.1, 0.15) is 22.7 Å². The van der Waals surface area contributed by atoms with Gasteiger partial charge in [0.2, 0.25) is 5.91 Å². The summed E-state index contributed by atoms with van der Waals surface area (Å²) in [5.74, 6) is 0.659. The number of thiophene rings is 1. The zero-order chi connectivity index (χ0) is 19.6. The summed E-state index contributed by atoms with van der Waals surface area (Å²) >= 11 is 1.75. The Balaban J connectivity index is 0.00000392. The second-order valence-corrected chi connectivity index (χ2v) is 7.67. The van der Waals surface area contributed by atoms with Gasteiger partial charge in [0.15, 0.2) is 5.96 Å². The van der Waals surface area contributed by atoms with Crippen molar-refractivity contribution in [2.75, 3.05) is 33.7 Å². The number of guanidine groups is 1. The lowest BCUT2D eigenvalue weighted by atomic mass is 10.3. The van der Waals surface area contributed by atoms with Gasteiger partial charge in [-0.3, -0.25) is 9.48 Å². The van der Waals surface area contributed by atoms with Crippen LogP contribution in [0.3, 0.4) is 0 Å². The van der Waals surface area contributed by atoms with E-state index in [1.165, 1.54) is 10.6 Å². The fourth-order valence-electron chi connectivity index (χ4n) is 2.56. The van der Waals surface area contributed by atoms with Crippen LogP contribution in [0.15, 0.2) is 28.6 Å². The first-order valence-corrected chi connectivity index (χ1v) is 10.1. The lowest BCUT2D eigenvalue weighted by molar-refractivity contribution is -0.127. The van der Waals surface area contributed by atoms with E-state index in [2.05, 4.69) is 51.2 Å². The molecule has 0 unspecified atom stereocenters. The van der Waals surface area contributed by atoms with Gasteiger partial charge in [0.1, 0.15) is 6.54 Å². The molecule has 0 spiro atoms. The van der Waals surface area contributed by atoms with E-state index < -0.39 is 0 Å². The second kappa shape index (κ2) is 12.8. The zero-order valence-electron chi connectivity index (χ0n) is 17.1. The van der Waals surface area contributed by atoms with Gasteiger partial charge in [0.25, 0.3) is 0 Å². The molecule has 0 aliphatic rings. The van der Waals surface area contributed by atoms with Crippen LogP contribution in [0.4, 0.5) is 0 Å². The number of rotatable bonds is 9. The number of carbonyl (C=O) groups is 1. The highest BCUT2D eigenvalue weighted by molar-refractivity contribution is 14.0. The van der Waals surface area contributed by atoms with Crippen LogP contribution in [0.25, 0.3) is 0 Å². The van der Waals surface area contributed by atoms with Crippen LogP contribution in [-0.4, -0.2) is 60.3 Å². The molecular formula is C19H31IN6OS. The van der Waals surface area contributed by atoms with Gasteiger partial charge >= 0.3 is 0 Å². The second-order valence-electron chi connectivity index (χ2n) is 6.64. The van der Waals surface area contributed by atoms with Crippen molar-refractivity contribution >= 4 is 47.2 Å². The Morgan fingerprint density at radius 3 is 2.64 bits per heavy atom. The maximum atomic E-state index is 11.8. The molecular weight excluding hydrogens is 487 g/mol. The molecule has 28 heavy (non-hydrogen) atoms. The number of halogens is 1. The molecule has 0 fully saturated rings. The first-order chi connectivity index (χ1) is 13.0. The molecule has 7 nitrogen and oxygen atoms in total. The Bertz CT molecular complexity index is 742. The Kier molecular flexibility index (Phi) is 11.1. The van der Waals surface area contributed by atoms with Gasteiger partial charge in [0.05, 0.1) is 5.69 Å². The van der Waals surface area contributed by atoms with E-state index in [0.717, 1.165) is 38.2 Å². The van der Waals surface area contributed by atoms with Crippen LogP contribution in [0, 0.1) is 13.8 Å². The summed E-state index contributed by atoms with van der Waals surface area (Å²) in [7, 11) is 3.48. The number of hydrogen-bond acceptors (Lipinski definition) is 4. The minimum absolute atomic E-state index is 0. The van der Waals surface area contributed by atoms with E-state index in [1.807, 2.05) is 11.6 Å². The summed E-state index contributed by atoms with van der Waals surface area (Å²) < 4.78 is 2.02. The zero-order valence-corrected chi connectivity index (χ0v) is 20.2. The summed E-state index contributed by atoms with van der Waals surface area (Å²) in [6.45, 7) is 6.61. The third kappa shape index (κ3) is 8.59. The maximum Gasteiger partial charge on any atom is 0.243 e. The highest BCUT2D eigenvalue weighted by atomic mass is 127. The Morgan fingerprint density at radius 2 is 2.04 bits per heavy atom. The highest BCUT2D eigenvalue weighted by Gasteiger charge is 2.05. The fraction of sp³-hybridized carbons (Fsp3) is 0.526. The number of hydrogen-bond donors (Lipinski definition) is 2. The average Bonchev–Trinajstić information content (AvgIpc) is 3.24. The molecule has 2 N–H and O–H groups in total. The van der Waals surface area contributed by atoms with Crippen LogP contribution < -0.4 is 10.6 Å². The number of aryl methyl sites for hydroxylation is 3. The number of amides is 1. The molecule has 0 aromatic carbocycles. The Morgan fingerprint density at radius 1 is 1.29 bits per heavy atom. The number of nitrogens with zero attached hydrogens (tertiary/aromatic N) is 4. The van der Waals surface area contributed by atoms with Gasteiger partial charge in [0, 0.05) is 44.3 Å². The molecule has 0 saturated carbocycles. The average molecular weight is 518 g/mol. The van der Waals surface area contributed by atoms with Crippen molar-refractivity contribution in [2.45, 2.75) is 33.2 Å². The molecule has 1 amide bonds. The molecule has 156 valence electrons. The van der Waals surface area contributed by atoms with Crippen molar-refractivity contribution in [3.8, 4) is 0 Å². The lowest BCUT2D eigenvalue weighted by Gasteiger charge is -2.14. The number of carbonyl (C=O) groups excluding carboxylic acids is 1. The number of aliphatic imine (C=N–C) groups is 1. The SMILES string of the molecule is Cc1cc(C)n(CCCNC(=NCC(=O)N(C)C)NCCc2cccs2)n1.I. The molecule has 9 heteroatoms. The third-order valence-electron chi connectivity index (χ3n) is 4.06. The molecule has 2 aromatic heterocycles. The normalized spacial score (nSPS) is 11.1. The Hall–Kier alpha value is -1.62. The smallest absolute Gasteiger partial charge is 0.243 e. The summed E-state index contributed by atoms with van der Waals surface area (Å²) in [6, 6.07) is 6.27. The largest absolute Gasteiger partial charge is 0.356 e. The van der Waals surface area contributed by atoms with Gasteiger partial charge in [-0.05, 0) is 44.2 Å². The quantitative estimate of drug-likeness (QED) is 0.232. The van der Waals surface area contributed by atoms with E-state index in [-0.39, 0.29) is 36.4 Å². The predicted octanol–water partition coefficient (Wildman–Crippen LogP) is 2.44. The fourth-order valence-corrected chi connectivity index (χ4v) is 3.27. The summed E-state index contributed by atoms with van der Waals surface area (Å²) in [5, 5.41) is 13.2. The third-order valence-corrected chi connectivity index (χ3v) is 4.99. The van der Waals surface area contributed by atoms with Gasteiger partial charge < -0.3 is 15.5 Å². The summed E-state index contributed by atoms with van der Waals surface area (Å²) in [5.41, 5.74) is 2.21. The summed E-state index contributed by atoms with van der Waals surface area (Å²) in [6.07, 6.45) is 1.86. The highest BCUT2D eigenvalue weighted by Crippen LogP contribution is 2.08.